The van der Waals surface area contributed by atoms with Crippen molar-refractivity contribution < 1.29 is 4.74 Å². The standard InChI is InChI=1S/C15H21NO/c1-12(2)16-10-15(11-17-3)9-8-13-6-4-5-7-14(13)15/h4-9,12,16H,10-11H2,1-3H3. The Labute approximate surface area is 104 Å². The second-order valence-electron chi connectivity index (χ2n) is 5.05. The Bertz CT molecular complexity index is 411. The lowest BCUT2D eigenvalue weighted by Crippen LogP contribution is -2.41. The van der Waals surface area contributed by atoms with Crippen LogP contribution in [0.5, 0.6) is 0 Å². The highest BCUT2D eigenvalue weighted by atomic mass is 16.5. The van der Waals surface area contributed by atoms with Crippen molar-refractivity contribution in [2.24, 2.45) is 0 Å². The van der Waals surface area contributed by atoms with Crippen LogP contribution in [-0.2, 0) is 10.2 Å². The van der Waals surface area contributed by atoms with Crippen molar-refractivity contribution in [3.63, 3.8) is 0 Å². The lowest BCUT2D eigenvalue weighted by Gasteiger charge is -2.30. The van der Waals surface area contributed by atoms with Crippen molar-refractivity contribution in [1.29, 1.82) is 0 Å². The third-order valence-corrected chi connectivity index (χ3v) is 3.31. The minimum absolute atomic E-state index is 0.00435. The highest BCUT2D eigenvalue weighted by Gasteiger charge is 2.34. The molecule has 2 nitrogen and oxygen atoms in total. The van der Waals surface area contributed by atoms with Gasteiger partial charge in [0.25, 0.3) is 0 Å². The average molecular weight is 231 g/mol. The van der Waals surface area contributed by atoms with Crippen LogP contribution < -0.4 is 5.32 Å². The van der Waals surface area contributed by atoms with Crippen LogP contribution >= 0.6 is 0 Å². The van der Waals surface area contributed by atoms with E-state index in [0.717, 1.165) is 13.2 Å². The molecule has 2 heteroatoms. The molecule has 1 aliphatic carbocycles. The Kier molecular flexibility index (Phi) is 3.65. The maximum atomic E-state index is 5.43. The molecule has 0 bridgehead atoms. The SMILES string of the molecule is COCC1(CNC(C)C)C=Cc2ccccc21. The number of rotatable bonds is 5. The van der Waals surface area contributed by atoms with Gasteiger partial charge in [-0.2, -0.15) is 0 Å². The molecular weight excluding hydrogens is 210 g/mol. The van der Waals surface area contributed by atoms with E-state index in [1.54, 1.807) is 7.11 Å². The summed E-state index contributed by atoms with van der Waals surface area (Å²) in [6.45, 7) is 5.99. The summed E-state index contributed by atoms with van der Waals surface area (Å²) < 4.78 is 5.43. The molecule has 0 radical (unpaired) electrons. The zero-order chi connectivity index (χ0) is 12.3. The van der Waals surface area contributed by atoms with Crippen LogP contribution in [0, 0.1) is 0 Å². The van der Waals surface area contributed by atoms with Crippen molar-refractivity contribution in [2.75, 3.05) is 20.3 Å². The van der Waals surface area contributed by atoms with E-state index in [-0.39, 0.29) is 5.41 Å². The van der Waals surface area contributed by atoms with Gasteiger partial charge in [-0.3, -0.25) is 0 Å². The maximum absolute atomic E-state index is 5.43. The number of nitrogens with one attached hydrogen (secondary N) is 1. The second-order valence-corrected chi connectivity index (χ2v) is 5.05. The van der Waals surface area contributed by atoms with Gasteiger partial charge in [0.05, 0.1) is 6.61 Å². The fraction of sp³-hybridized carbons (Fsp3) is 0.467. The largest absolute Gasteiger partial charge is 0.383 e. The van der Waals surface area contributed by atoms with Crippen LogP contribution in [0.1, 0.15) is 25.0 Å². The van der Waals surface area contributed by atoms with Crippen LogP contribution in [0.15, 0.2) is 30.3 Å². The molecule has 0 fully saturated rings. The van der Waals surface area contributed by atoms with Gasteiger partial charge in [0.2, 0.25) is 0 Å². The van der Waals surface area contributed by atoms with E-state index in [4.69, 9.17) is 4.74 Å². The lowest BCUT2D eigenvalue weighted by molar-refractivity contribution is 0.150. The first-order valence-electron chi connectivity index (χ1n) is 6.19. The summed E-state index contributed by atoms with van der Waals surface area (Å²) in [4.78, 5) is 0. The van der Waals surface area contributed by atoms with Crippen molar-refractivity contribution in [1.82, 2.24) is 5.32 Å². The summed E-state index contributed by atoms with van der Waals surface area (Å²) in [6, 6.07) is 9.05. The smallest absolute Gasteiger partial charge is 0.0606 e. The van der Waals surface area contributed by atoms with Gasteiger partial charge >= 0.3 is 0 Å². The molecule has 2 rings (SSSR count). The first-order chi connectivity index (χ1) is 8.18. The van der Waals surface area contributed by atoms with Crippen LogP contribution in [0.2, 0.25) is 0 Å². The van der Waals surface area contributed by atoms with Gasteiger partial charge in [-0.05, 0) is 11.1 Å². The van der Waals surface area contributed by atoms with Crippen molar-refractivity contribution >= 4 is 6.08 Å². The maximum Gasteiger partial charge on any atom is 0.0606 e. The topological polar surface area (TPSA) is 21.3 Å². The molecule has 0 aliphatic heterocycles. The average Bonchev–Trinajstić information content (AvgIpc) is 2.68. The predicted octanol–water partition coefficient (Wildman–Crippen LogP) is 2.60. The number of benzene rings is 1. The summed E-state index contributed by atoms with van der Waals surface area (Å²) >= 11 is 0. The molecule has 1 aromatic rings. The fourth-order valence-corrected chi connectivity index (χ4v) is 2.41. The first kappa shape index (κ1) is 12.3. The number of ether oxygens (including phenoxy) is 1. The quantitative estimate of drug-likeness (QED) is 0.841. The second kappa shape index (κ2) is 5.03. The van der Waals surface area contributed by atoms with Crippen molar-refractivity contribution in [2.45, 2.75) is 25.3 Å². The molecule has 0 spiro atoms. The molecule has 1 aliphatic rings. The summed E-state index contributed by atoms with van der Waals surface area (Å²) in [7, 11) is 1.77. The Hall–Kier alpha value is -1.12. The van der Waals surface area contributed by atoms with E-state index in [1.165, 1.54) is 11.1 Å². The van der Waals surface area contributed by atoms with Gasteiger partial charge < -0.3 is 10.1 Å². The van der Waals surface area contributed by atoms with Crippen LogP contribution in [0.25, 0.3) is 6.08 Å². The molecule has 1 unspecified atom stereocenters. The zero-order valence-electron chi connectivity index (χ0n) is 10.9. The number of fused-ring (bicyclic) bond motifs is 1. The van der Waals surface area contributed by atoms with Gasteiger partial charge in [0, 0.05) is 25.1 Å². The summed E-state index contributed by atoms with van der Waals surface area (Å²) in [5.74, 6) is 0. The predicted molar refractivity (Wildman–Crippen MR) is 72.2 cm³/mol. The molecule has 0 amide bonds. The normalized spacial score (nSPS) is 22.1. The van der Waals surface area contributed by atoms with Crippen LogP contribution in [0.3, 0.4) is 0 Å². The Morgan fingerprint density at radius 2 is 2.06 bits per heavy atom. The van der Waals surface area contributed by atoms with Gasteiger partial charge in [-0.1, -0.05) is 50.3 Å². The van der Waals surface area contributed by atoms with Crippen LogP contribution in [0.4, 0.5) is 0 Å². The summed E-state index contributed by atoms with van der Waals surface area (Å²) in [5, 5.41) is 3.52. The van der Waals surface area contributed by atoms with Gasteiger partial charge in [-0.25, -0.2) is 0 Å². The van der Waals surface area contributed by atoms with E-state index in [2.05, 4.69) is 55.6 Å². The van der Waals surface area contributed by atoms with Gasteiger partial charge in [0.1, 0.15) is 0 Å². The fourth-order valence-electron chi connectivity index (χ4n) is 2.41. The van der Waals surface area contributed by atoms with Gasteiger partial charge in [-0.15, -0.1) is 0 Å². The number of methoxy groups -OCH3 is 1. The summed E-state index contributed by atoms with van der Waals surface area (Å²) in [5.41, 5.74) is 2.68. The highest BCUT2D eigenvalue weighted by Crippen LogP contribution is 2.35. The van der Waals surface area contributed by atoms with Crippen molar-refractivity contribution in [3.05, 3.63) is 41.5 Å². The molecule has 0 heterocycles. The number of hydrogen-bond donors (Lipinski definition) is 1. The Balaban J connectivity index is 2.27. The third-order valence-electron chi connectivity index (χ3n) is 3.31. The van der Waals surface area contributed by atoms with Crippen molar-refractivity contribution in [3.8, 4) is 0 Å². The Morgan fingerprint density at radius 1 is 1.29 bits per heavy atom. The molecule has 0 aromatic heterocycles. The van der Waals surface area contributed by atoms with Gasteiger partial charge in [0.15, 0.2) is 0 Å². The third kappa shape index (κ3) is 2.43. The van der Waals surface area contributed by atoms with E-state index in [0.29, 0.717) is 6.04 Å². The minimum Gasteiger partial charge on any atom is -0.383 e. The minimum atomic E-state index is -0.00435. The van der Waals surface area contributed by atoms with E-state index < -0.39 is 0 Å². The summed E-state index contributed by atoms with van der Waals surface area (Å²) in [6.07, 6.45) is 4.48. The molecule has 17 heavy (non-hydrogen) atoms. The molecule has 1 atom stereocenters. The molecular formula is C15H21NO. The molecule has 0 saturated carbocycles. The molecule has 1 N–H and O–H groups in total. The molecule has 0 saturated heterocycles. The Morgan fingerprint density at radius 3 is 2.76 bits per heavy atom. The van der Waals surface area contributed by atoms with E-state index in [9.17, 15) is 0 Å². The number of hydrogen-bond acceptors (Lipinski definition) is 2. The van der Waals surface area contributed by atoms with E-state index >= 15 is 0 Å². The lowest BCUT2D eigenvalue weighted by atomic mass is 9.83. The first-order valence-corrected chi connectivity index (χ1v) is 6.19. The molecule has 1 aromatic carbocycles. The zero-order valence-corrected chi connectivity index (χ0v) is 10.9. The molecule has 92 valence electrons. The van der Waals surface area contributed by atoms with E-state index in [1.807, 2.05) is 0 Å². The monoisotopic (exact) mass is 231 g/mol. The highest BCUT2D eigenvalue weighted by molar-refractivity contribution is 5.65. The van der Waals surface area contributed by atoms with Crippen LogP contribution in [-0.4, -0.2) is 26.3 Å².